The minimum absolute atomic E-state index is 0.152. The first-order valence-electron chi connectivity index (χ1n) is 7.41. The highest BCUT2D eigenvalue weighted by atomic mass is 32.1. The molecule has 1 saturated heterocycles. The molecule has 1 aromatic heterocycles. The number of nitrogens with one attached hydrogen (secondary N) is 1. The number of hydrogen-bond donors (Lipinski definition) is 1. The van der Waals surface area contributed by atoms with Crippen LogP contribution in [0.5, 0.6) is 0 Å². The summed E-state index contributed by atoms with van der Waals surface area (Å²) in [5.41, 5.74) is 0.152. The van der Waals surface area contributed by atoms with Crippen LogP contribution in [-0.4, -0.2) is 37.3 Å². The molecule has 20 heavy (non-hydrogen) atoms. The van der Waals surface area contributed by atoms with Gasteiger partial charge in [0, 0.05) is 43.4 Å². The molecule has 0 amide bonds. The molecule has 1 aromatic rings. The van der Waals surface area contributed by atoms with Crippen LogP contribution in [0, 0.1) is 5.92 Å². The average molecular weight is 297 g/mol. The van der Waals surface area contributed by atoms with Gasteiger partial charge in [-0.2, -0.15) is 0 Å². The molecule has 114 valence electrons. The lowest BCUT2D eigenvalue weighted by atomic mass is 9.99. The molecule has 0 aliphatic carbocycles. The average Bonchev–Trinajstić information content (AvgIpc) is 2.85. The first-order chi connectivity index (χ1) is 9.48. The second-order valence-electron chi connectivity index (χ2n) is 6.62. The van der Waals surface area contributed by atoms with Gasteiger partial charge in [0.1, 0.15) is 0 Å². The Morgan fingerprint density at radius 1 is 1.50 bits per heavy atom. The highest BCUT2D eigenvalue weighted by Gasteiger charge is 2.22. The van der Waals surface area contributed by atoms with Gasteiger partial charge in [-0.15, -0.1) is 11.3 Å². The number of nitrogens with zero attached hydrogens (tertiary/aromatic N) is 2. The molecule has 5 heteroatoms. The topological polar surface area (TPSA) is 37.4 Å². The van der Waals surface area contributed by atoms with Crippen LogP contribution in [0.3, 0.4) is 0 Å². The molecular weight excluding hydrogens is 270 g/mol. The highest BCUT2D eigenvalue weighted by Crippen LogP contribution is 2.27. The Kier molecular flexibility index (Phi) is 5.41. The molecule has 0 spiro atoms. The molecule has 1 unspecified atom stereocenters. The summed E-state index contributed by atoms with van der Waals surface area (Å²) in [5.74, 6) is 0.647. The fraction of sp³-hybridized carbons (Fsp3) is 0.800. The number of hydrogen-bond acceptors (Lipinski definition) is 5. The lowest BCUT2D eigenvalue weighted by Gasteiger charge is -2.32. The molecular formula is C15H27N3OS. The van der Waals surface area contributed by atoms with Gasteiger partial charge in [-0.1, -0.05) is 0 Å². The van der Waals surface area contributed by atoms with Gasteiger partial charge in [0.2, 0.25) is 0 Å². The van der Waals surface area contributed by atoms with Crippen LogP contribution >= 0.6 is 11.3 Å². The van der Waals surface area contributed by atoms with Crippen LogP contribution in [0.2, 0.25) is 0 Å². The Balaban J connectivity index is 1.91. The fourth-order valence-electron chi connectivity index (χ4n) is 2.49. The van der Waals surface area contributed by atoms with E-state index in [0.29, 0.717) is 5.92 Å². The van der Waals surface area contributed by atoms with Crippen LogP contribution in [-0.2, 0) is 11.3 Å². The molecule has 1 fully saturated rings. The van der Waals surface area contributed by atoms with E-state index in [2.05, 4.69) is 36.0 Å². The molecule has 2 heterocycles. The summed E-state index contributed by atoms with van der Waals surface area (Å²) in [6.45, 7) is 10.5. The molecule has 1 aliphatic rings. The van der Waals surface area contributed by atoms with E-state index in [4.69, 9.17) is 4.74 Å². The van der Waals surface area contributed by atoms with Crippen molar-refractivity contribution in [2.24, 2.45) is 5.92 Å². The van der Waals surface area contributed by atoms with Crippen molar-refractivity contribution in [3.05, 3.63) is 11.1 Å². The number of rotatable bonds is 5. The molecule has 1 N–H and O–H groups in total. The van der Waals surface area contributed by atoms with E-state index in [0.717, 1.165) is 31.4 Å². The van der Waals surface area contributed by atoms with Crippen molar-refractivity contribution < 1.29 is 4.74 Å². The Labute approximate surface area is 126 Å². The van der Waals surface area contributed by atoms with E-state index in [9.17, 15) is 0 Å². The smallest absolute Gasteiger partial charge is 0.185 e. The van der Waals surface area contributed by atoms with Crippen molar-refractivity contribution >= 4 is 16.5 Å². The zero-order chi connectivity index (χ0) is 14.6. The third kappa shape index (κ3) is 4.72. The predicted molar refractivity (Wildman–Crippen MR) is 85.5 cm³/mol. The lowest BCUT2D eigenvalue weighted by molar-refractivity contribution is 0.143. The number of aromatic nitrogens is 1. The van der Waals surface area contributed by atoms with Gasteiger partial charge >= 0.3 is 0 Å². The van der Waals surface area contributed by atoms with Crippen molar-refractivity contribution in [2.45, 2.75) is 45.7 Å². The number of anilines is 1. The number of piperidine rings is 1. The van der Waals surface area contributed by atoms with E-state index in [1.165, 1.54) is 17.7 Å². The van der Waals surface area contributed by atoms with Crippen molar-refractivity contribution in [1.29, 1.82) is 0 Å². The van der Waals surface area contributed by atoms with Gasteiger partial charge in [-0.05, 0) is 39.5 Å². The molecule has 1 atom stereocenters. The number of ether oxygens (including phenoxy) is 1. The SMILES string of the molecule is COCC1CCCN(c2ncc(CNC(C)(C)C)s2)C1. The van der Waals surface area contributed by atoms with Crippen molar-refractivity contribution in [2.75, 3.05) is 31.7 Å². The Morgan fingerprint density at radius 2 is 2.30 bits per heavy atom. The van der Waals surface area contributed by atoms with Crippen LogP contribution in [0.1, 0.15) is 38.5 Å². The van der Waals surface area contributed by atoms with Crippen molar-refractivity contribution in [3.8, 4) is 0 Å². The van der Waals surface area contributed by atoms with Gasteiger partial charge in [0.15, 0.2) is 5.13 Å². The summed E-state index contributed by atoms with van der Waals surface area (Å²) in [5, 5.41) is 4.68. The lowest BCUT2D eigenvalue weighted by Crippen LogP contribution is -2.37. The normalized spacial score (nSPS) is 20.4. The van der Waals surface area contributed by atoms with Crippen LogP contribution in [0.15, 0.2) is 6.20 Å². The fourth-order valence-corrected chi connectivity index (χ4v) is 3.37. The van der Waals surface area contributed by atoms with E-state index in [1.54, 1.807) is 7.11 Å². The summed E-state index contributed by atoms with van der Waals surface area (Å²) < 4.78 is 5.29. The quantitative estimate of drug-likeness (QED) is 0.907. The third-order valence-electron chi connectivity index (χ3n) is 3.53. The molecule has 1 aliphatic heterocycles. The van der Waals surface area contributed by atoms with E-state index >= 15 is 0 Å². The molecule has 0 aromatic carbocycles. The van der Waals surface area contributed by atoms with Crippen LogP contribution in [0.25, 0.3) is 0 Å². The van der Waals surface area contributed by atoms with Crippen LogP contribution in [0.4, 0.5) is 5.13 Å². The molecule has 0 radical (unpaired) electrons. The monoisotopic (exact) mass is 297 g/mol. The van der Waals surface area contributed by atoms with Gasteiger partial charge in [0.05, 0.1) is 6.61 Å². The highest BCUT2D eigenvalue weighted by molar-refractivity contribution is 7.15. The molecule has 4 nitrogen and oxygen atoms in total. The second-order valence-corrected chi connectivity index (χ2v) is 7.72. The first kappa shape index (κ1) is 15.7. The number of thiazole rings is 1. The minimum atomic E-state index is 0.152. The second kappa shape index (κ2) is 6.87. The first-order valence-corrected chi connectivity index (χ1v) is 8.23. The van der Waals surface area contributed by atoms with Gasteiger partial charge in [0.25, 0.3) is 0 Å². The zero-order valence-corrected chi connectivity index (χ0v) is 13.9. The summed E-state index contributed by atoms with van der Waals surface area (Å²) >= 11 is 1.81. The molecule has 0 saturated carbocycles. The zero-order valence-electron chi connectivity index (χ0n) is 13.1. The Hall–Kier alpha value is -0.650. The maximum atomic E-state index is 5.29. The molecule has 0 bridgehead atoms. The van der Waals surface area contributed by atoms with E-state index in [1.807, 2.05) is 17.5 Å². The maximum absolute atomic E-state index is 5.29. The maximum Gasteiger partial charge on any atom is 0.185 e. The Bertz CT molecular complexity index is 411. The summed E-state index contributed by atoms with van der Waals surface area (Å²) in [4.78, 5) is 8.32. The Morgan fingerprint density at radius 3 is 3.00 bits per heavy atom. The van der Waals surface area contributed by atoms with Crippen LogP contribution < -0.4 is 10.2 Å². The summed E-state index contributed by atoms with van der Waals surface area (Å²) in [6.07, 6.45) is 4.52. The van der Waals surface area contributed by atoms with Gasteiger partial charge < -0.3 is 15.0 Å². The summed E-state index contributed by atoms with van der Waals surface area (Å²) in [6, 6.07) is 0. The van der Waals surface area contributed by atoms with E-state index < -0.39 is 0 Å². The van der Waals surface area contributed by atoms with E-state index in [-0.39, 0.29) is 5.54 Å². The largest absolute Gasteiger partial charge is 0.384 e. The number of methoxy groups -OCH3 is 1. The third-order valence-corrected chi connectivity index (χ3v) is 4.58. The van der Waals surface area contributed by atoms with Crippen molar-refractivity contribution in [3.63, 3.8) is 0 Å². The van der Waals surface area contributed by atoms with Gasteiger partial charge in [-0.3, -0.25) is 0 Å². The minimum Gasteiger partial charge on any atom is -0.384 e. The predicted octanol–water partition coefficient (Wildman–Crippen LogP) is 2.89. The standard InChI is InChI=1S/C15H27N3OS/c1-15(2,3)17-9-13-8-16-14(20-13)18-7-5-6-12(10-18)11-19-4/h8,12,17H,5-7,9-11H2,1-4H3. The van der Waals surface area contributed by atoms with Crippen molar-refractivity contribution in [1.82, 2.24) is 10.3 Å². The summed E-state index contributed by atoms with van der Waals surface area (Å²) in [7, 11) is 1.79. The molecule has 2 rings (SSSR count). The van der Waals surface area contributed by atoms with Gasteiger partial charge in [-0.25, -0.2) is 4.98 Å².